The first-order valence-corrected chi connectivity index (χ1v) is 4.28. The van der Waals surface area contributed by atoms with Gasteiger partial charge in [0.2, 0.25) is 0 Å². The van der Waals surface area contributed by atoms with Gasteiger partial charge in [-0.25, -0.2) is 0 Å². The first-order valence-electron chi connectivity index (χ1n) is 3.13. The number of rotatable bonds is 5. The van der Waals surface area contributed by atoms with Crippen LogP contribution in [0.15, 0.2) is 0 Å². The number of esters is 1. The quantitative estimate of drug-likeness (QED) is 0.452. The molecule has 0 aliphatic rings. The lowest BCUT2D eigenvalue weighted by Crippen LogP contribution is -2.06. The largest absolute Gasteiger partial charge is 0.465 e. The number of carbonyl (C=O) groups excluding carboxylic acids is 1. The summed E-state index contributed by atoms with van der Waals surface area (Å²) in [7, 11) is 0. The van der Waals surface area contributed by atoms with Crippen molar-refractivity contribution < 1.29 is 9.53 Å². The van der Waals surface area contributed by atoms with E-state index < -0.39 is 0 Å². The van der Waals surface area contributed by atoms with E-state index >= 15 is 0 Å². The molecule has 58 valence electrons. The second-order valence-corrected chi connectivity index (χ2v) is 2.55. The van der Waals surface area contributed by atoms with Crippen molar-refractivity contribution in [1.29, 1.82) is 0 Å². The molecule has 0 saturated heterocycles. The van der Waals surface area contributed by atoms with Gasteiger partial charge in [-0.3, -0.25) is 4.79 Å². The zero-order valence-corrected chi connectivity index (χ0v) is 6.78. The minimum absolute atomic E-state index is 0.163. The molecule has 0 N–H and O–H groups in total. The summed E-state index contributed by atoms with van der Waals surface area (Å²) in [5.41, 5.74) is 0. The van der Waals surface area contributed by atoms with E-state index in [0.717, 1.165) is 5.75 Å². The molecule has 0 saturated carbocycles. The van der Waals surface area contributed by atoms with Gasteiger partial charge in [0.25, 0.3) is 0 Å². The van der Waals surface area contributed by atoms with Crippen LogP contribution >= 0.6 is 11.8 Å². The second kappa shape index (κ2) is 6.93. The predicted molar refractivity (Wildman–Crippen MR) is 43.4 cm³/mol. The van der Waals surface area contributed by atoms with Gasteiger partial charge in [0.15, 0.2) is 0 Å². The van der Waals surface area contributed by atoms with E-state index in [1.807, 2.05) is 0 Å². The number of thioether (sulfide) groups is 1. The molecule has 0 aromatic carbocycles. The number of ether oxygens (including phenoxy) is 1. The summed E-state index contributed by atoms with van der Waals surface area (Å²) in [4.78, 5) is 10.6. The van der Waals surface area contributed by atoms with Crippen molar-refractivity contribution in [3.63, 3.8) is 0 Å². The van der Waals surface area contributed by atoms with E-state index in [-0.39, 0.29) is 5.97 Å². The van der Waals surface area contributed by atoms with E-state index in [9.17, 15) is 4.79 Å². The smallest absolute Gasteiger partial charge is 0.305 e. The molecule has 0 spiro atoms. The zero-order valence-electron chi connectivity index (χ0n) is 5.97. The predicted octanol–water partition coefficient (Wildman–Crippen LogP) is 1.67. The Morgan fingerprint density at radius 2 is 2.30 bits per heavy atom. The zero-order chi connectivity index (χ0) is 7.82. The van der Waals surface area contributed by atoms with Gasteiger partial charge in [-0.1, -0.05) is 6.92 Å². The maximum Gasteiger partial charge on any atom is 0.305 e. The normalized spacial score (nSPS) is 9.40. The molecule has 3 heteroatoms. The molecule has 2 nitrogen and oxygen atoms in total. The third-order valence-corrected chi connectivity index (χ3v) is 1.33. The van der Waals surface area contributed by atoms with Gasteiger partial charge < -0.3 is 4.74 Å². The van der Waals surface area contributed by atoms with Gasteiger partial charge in [0.1, 0.15) is 6.61 Å². The summed E-state index contributed by atoms with van der Waals surface area (Å²) in [6, 6.07) is 0. The van der Waals surface area contributed by atoms with Gasteiger partial charge in [-0.2, -0.15) is 11.8 Å². The Morgan fingerprint density at radius 1 is 1.60 bits per heavy atom. The van der Waals surface area contributed by atoms with Crippen LogP contribution in [-0.2, 0) is 9.53 Å². The van der Waals surface area contributed by atoms with Crippen LogP contribution < -0.4 is 0 Å². The second-order valence-electron chi connectivity index (χ2n) is 1.73. The molecule has 0 atom stereocenters. The molecule has 0 aromatic heterocycles. The van der Waals surface area contributed by atoms with Crippen LogP contribution in [0.1, 0.15) is 12.8 Å². The van der Waals surface area contributed by atoms with Crippen LogP contribution in [0.2, 0.25) is 0 Å². The molecular formula is C7H12O2S. The van der Waals surface area contributed by atoms with E-state index in [1.54, 1.807) is 0 Å². The molecular weight excluding hydrogens is 148 g/mol. The fraction of sp³-hybridized carbons (Fsp3) is 0.571. The highest BCUT2D eigenvalue weighted by Gasteiger charge is 1.98. The van der Waals surface area contributed by atoms with E-state index in [2.05, 4.69) is 13.2 Å². The molecule has 0 aliphatic carbocycles. The Balaban J connectivity index is 3.05. The van der Waals surface area contributed by atoms with E-state index in [4.69, 9.17) is 4.74 Å². The summed E-state index contributed by atoms with van der Waals surface area (Å²) in [6.07, 6.45) is 4.57. The molecule has 2 radical (unpaired) electrons. The average Bonchev–Trinajstić information content (AvgIpc) is 1.89. The highest BCUT2D eigenvalue weighted by molar-refractivity contribution is 8.00. The number of hydrogen-bond donors (Lipinski definition) is 0. The minimum Gasteiger partial charge on any atom is -0.465 e. The maximum absolute atomic E-state index is 10.6. The van der Waals surface area contributed by atoms with Crippen LogP contribution in [0.25, 0.3) is 0 Å². The van der Waals surface area contributed by atoms with Crippen LogP contribution in [0.3, 0.4) is 0 Å². The van der Waals surface area contributed by atoms with Crippen molar-refractivity contribution in [2.75, 3.05) is 12.4 Å². The topological polar surface area (TPSA) is 26.3 Å². The molecule has 0 fully saturated rings. The Bertz CT molecular complexity index is 93.6. The van der Waals surface area contributed by atoms with Crippen LogP contribution in [0.4, 0.5) is 0 Å². The molecule has 0 unspecified atom stereocenters. The molecule has 0 bridgehead atoms. The SMILES string of the molecule is [CH2]CCC(=O)OCCS[CH2]. The standard InChI is InChI=1S/C7H12O2S/c1-3-4-7(8)9-5-6-10-2/h1-6H2. The van der Waals surface area contributed by atoms with Gasteiger partial charge in [0, 0.05) is 18.4 Å². The van der Waals surface area contributed by atoms with Crippen molar-refractivity contribution in [2.24, 2.45) is 0 Å². The summed E-state index contributed by atoms with van der Waals surface area (Å²) in [5, 5.41) is 0. The molecule has 0 aromatic rings. The third kappa shape index (κ3) is 5.95. The summed E-state index contributed by atoms with van der Waals surface area (Å²) >= 11 is 1.42. The first kappa shape index (κ1) is 9.82. The van der Waals surface area contributed by atoms with Gasteiger partial charge >= 0.3 is 5.97 Å². The molecule has 10 heavy (non-hydrogen) atoms. The molecule has 0 heterocycles. The number of hydrogen-bond acceptors (Lipinski definition) is 3. The van der Waals surface area contributed by atoms with Crippen molar-refractivity contribution in [2.45, 2.75) is 12.8 Å². The maximum atomic E-state index is 10.6. The summed E-state index contributed by atoms with van der Waals surface area (Å²) in [5.74, 6) is 0.604. The van der Waals surface area contributed by atoms with Gasteiger partial charge in [-0.05, 0) is 6.42 Å². The average molecular weight is 160 g/mol. The lowest BCUT2D eigenvalue weighted by atomic mass is 10.3. The van der Waals surface area contributed by atoms with Crippen molar-refractivity contribution in [1.82, 2.24) is 0 Å². The highest BCUT2D eigenvalue weighted by atomic mass is 32.2. The van der Waals surface area contributed by atoms with Crippen LogP contribution in [-0.4, -0.2) is 18.3 Å². The molecule has 0 rings (SSSR count). The van der Waals surface area contributed by atoms with Gasteiger partial charge in [0.05, 0.1) is 0 Å². The molecule has 0 amide bonds. The fourth-order valence-electron chi connectivity index (χ4n) is 0.431. The highest BCUT2D eigenvalue weighted by Crippen LogP contribution is 1.96. The Hall–Kier alpha value is -0.180. The Labute approximate surface area is 66.3 Å². The van der Waals surface area contributed by atoms with E-state index in [1.165, 1.54) is 11.8 Å². The van der Waals surface area contributed by atoms with E-state index in [0.29, 0.717) is 19.4 Å². The van der Waals surface area contributed by atoms with Gasteiger partial charge in [-0.15, -0.1) is 0 Å². The lowest BCUT2D eigenvalue weighted by molar-refractivity contribution is -0.142. The van der Waals surface area contributed by atoms with Crippen molar-refractivity contribution >= 4 is 17.7 Å². The summed E-state index contributed by atoms with van der Waals surface area (Å²) < 4.78 is 4.78. The number of carbonyl (C=O) groups is 1. The Kier molecular flexibility index (Phi) is 6.81. The van der Waals surface area contributed by atoms with Crippen LogP contribution in [0, 0.1) is 13.2 Å². The Morgan fingerprint density at radius 3 is 2.80 bits per heavy atom. The minimum atomic E-state index is -0.163. The van der Waals surface area contributed by atoms with Crippen LogP contribution in [0.5, 0.6) is 0 Å². The molecule has 0 aliphatic heterocycles. The van der Waals surface area contributed by atoms with Crippen molar-refractivity contribution in [3.05, 3.63) is 13.2 Å². The lowest BCUT2D eigenvalue weighted by Gasteiger charge is -2.00. The summed E-state index contributed by atoms with van der Waals surface area (Å²) in [6.45, 7) is 4.00. The third-order valence-electron chi connectivity index (χ3n) is 0.872. The fourth-order valence-corrected chi connectivity index (χ4v) is 0.632. The van der Waals surface area contributed by atoms with Crippen molar-refractivity contribution in [3.8, 4) is 0 Å². The first-order chi connectivity index (χ1) is 4.81. The monoisotopic (exact) mass is 160 g/mol.